The Labute approximate surface area is 112 Å². The SMILES string of the molecule is CCCNC(=O)c1ccn(Cn2nc(C)cc2C)n1. The summed E-state index contributed by atoms with van der Waals surface area (Å²) in [5, 5.41) is 11.4. The van der Waals surface area contributed by atoms with Crippen LogP contribution in [0.2, 0.25) is 0 Å². The van der Waals surface area contributed by atoms with Gasteiger partial charge in [-0.25, -0.2) is 4.68 Å². The van der Waals surface area contributed by atoms with Gasteiger partial charge in [0.15, 0.2) is 0 Å². The molecule has 0 atom stereocenters. The first kappa shape index (κ1) is 13.3. The van der Waals surface area contributed by atoms with Crippen LogP contribution in [-0.4, -0.2) is 32.0 Å². The van der Waals surface area contributed by atoms with E-state index in [1.165, 1.54) is 0 Å². The largest absolute Gasteiger partial charge is 0.351 e. The van der Waals surface area contributed by atoms with Crippen LogP contribution in [0.5, 0.6) is 0 Å². The van der Waals surface area contributed by atoms with Crippen LogP contribution in [0.1, 0.15) is 35.2 Å². The summed E-state index contributed by atoms with van der Waals surface area (Å²) in [4.78, 5) is 11.7. The molecule has 2 rings (SSSR count). The van der Waals surface area contributed by atoms with Gasteiger partial charge in [0.25, 0.3) is 5.91 Å². The minimum atomic E-state index is -0.131. The van der Waals surface area contributed by atoms with Gasteiger partial charge in [-0.2, -0.15) is 10.2 Å². The van der Waals surface area contributed by atoms with Gasteiger partial charge in [0.1, 0.15) is 12.4 Å². The first-order valence-corrected chi connectivity index (χ1v) is 6.43. The van der Waals surface area contributed by atoms with E-state index in [1.807, 2.05) is 31.5 Å². The van der Waals surface area contributed by atoms with Crippen molar-refractivity contribution in [2.24, 2.45) is 0 Å². The maximum Gasteiger partial charge on any atom is 0.271 e. The fourth-order valence-corrected chi connectivity index (χ4v) is 1.85. The molecule has 0 fully saturated rings. The molecule has 0 saturated heterocycles. The molecular formula is C13H19N5O. The highest BCUT2D eigenvalue weighted by atomic mass is 16.1. The Hall–Kier alpha value is -2.11. The van der Waals surface area contributed by atoms with E-state index in [4.69, 9.17) is 0 Å². The topological polar surface area (TPSA) is 64.7 Å². The van der Waals surface area contributed by atoms with Gasteiger partial charge in [0.05, 0.1) is 5.69 Å². The van der Waals surface area contributed by atoms with Crippen molar-refractivity contribution in [3.8, 4) is 0 Å². The predicted octanol–water partition coefficient (Wildman–Crippen LogP) is 1.34. The minimum Gasteiger partial charge on any atom is -0.351 e. The predicted molar refractivity (Wildman–Crippen MR) is 72.0 cm³/mol. The van der Waals surface area contributed by atoms with Crippen LogP contribution in [0.3, 0.4) is 0 Å². The Balaban J connectivity index is 2.05. The summed E-state index contributed by atoms with van der Waals surface area (Å²) in [7, 11) is 0. The van der Waals surface area contributed by atoms with Crippen molar-refractivity contribution < 1.29 is 4.79 Å². The van der Waals surface area contributed by atoms with Crippen molar-refractivity contribution in [3.05, 3.63) is 35.4 Å². The van der Waals surface area contributed by atoms with Gasteiger partial charge in [-0.3, -0.25) is 9.48 Å². The zero-order chi connectivity index (χ0) is 13.8. The third kappa shape index (κ3) is 3.21. The molecule has 0 unspecified atom stereocenters. The second kappa shape index (κ2) is 5.69. The number of amides is 1. The Morgan fingerprint density at radius 1 is 1.37 bits per heavy atom. The highest BCUT2D eigenvalue weighted by Crippen LogP contribution is 2.03. The van der Waals surface area contributed by atoms with Crippen LogP contribution in [0.15, 0.2) is 18.3 Å². The average molecular weight is 261 g/mol. The fourth-order valence-electron chi connectivity index (χ4n) is 1.85. The molecule has 0 aliphatic heterocycles. The molecule has 0 bridgehead atoms. The van der Waals surface area contributed by atoms with Gasteiger partial charge < -0.3 is 5.32 Å². The van der Waals surface area contributed by atoms with Gasteiger partial charge >= 0.3 is 0 Å². The second-order valence-corrected chi connectivity index (χ2v) is 4.56. The zero-order valence-corrected chi connectivity index (χ0v) is 11.6. The fraction of sp³-hybridized carbons (Fsp3) is 0.462. The Morgan fingerprint density at radius 2 is 2.16 bits per heavy atom. The number of carbonyl (C=O) groups excluding carboxylic acids is 1. The number of rotatable bonds is 5. The molecule has 0 aromatic carbocycles. The quantitative estimate of drug-likeness (QED) is 0.883. The third-order valence-corrected chi connectivity index (χ3v) is 2.79. The number of hydrogen-bond acceptors (Lipinski definition) is 3. The minimum absolute atomic E-state index is 0.131. The van der Waals surface area contributed by atoms with Gasteiger partial charge in [0, 0.05) is 18.4 Å². The van der Waals surface area contributed by atoms with E-state index < -0.39 is 0 Å². The lowest BCUT2D eigenvalue weighted by atomic mass is 10.4. The first-order chi connectivity index (χ1) is 9.10. The van der Waals surface area contributed by atoms with Crippen molar-refractivity contribution in [1.29, 1.82) is 0 Å². The van der Waals surface area contributed by atoms with E-state index in [0.717, 1.165) is 17.8 Å². The molecular weight excluding hydrogens is 242 g/mol. The summed E-state index contributed by atoms with van der Waals surface area (Å²) in [5.74, 6) is -0.131. The number of aromatic nitrogens is 4. The normalized spacial score (nSPS) is 10.7. The van der Waals surface area contributed by atoms with Crippen LogP contribution in [0.25, 0.3) is 0 Å². The summed E-state index contributed by atoms with van der Waals surface area (Å²) in [6.07, 6.45) is 2.70. The molecule has 0 radical (unpaired) electrons. The molecule has 2 heterocycles. The number of nitrogens with zero attached hydrogens (tertiary/aromatic N) is 4. The molecule has 0 saturated carbocycles. The van der Waals surface area contributed by atoms with E-state index in [9.17, 15) is 4.79 Å². The molecule has 6 heteroatoms. The second-order valence-electron chi connectivity index (χ2n) is 4.56. The van der Waals surface area contributed by atoms with Crippen molar-refractivity contribution in [2.45, 2.75) is 33.9 Å². The third-order valence-electron chi connectivity index (χ3n) is 2.79. The smallest absolute Gasteiger partial charge is 0.271 e. The van der Waals surface area contributed by atoms with Crippen molar-refractivity contribution >= 4 is 5.91 Å². The maximum atomic E-state index is 11.7. The highest BCUT2D eigenvalue weighted by Gasteiger charge is 2.09. The molecule has 19 heavy (non-hydrogen) atoms. The molecule has 1 N–H and O–H groups in total. The Kier molecular flexibility index (Phi) is 3.99. The Morgan fingerprint density at radius 3 is 2.79 bits per heavy atom. The van der Waals surface area contributed by atoms with Crippen LogP contribution in [0, 0.1) is 13.8 Å². The van der Waals surface area contributed by atoms with E-state index in [1.54, 1.807) is 16.9 Å². The molecule has 102 valence electrons. The van der Waals surface area contributed by atoms with E-state index in [-0.39, 0.29) is 5.91 Å². The molecule has 2 aromatic rings. The van der Waals surface area contributed by atoms with Gasteiger partial charge in [-0.05, 0) is 32.4 Å². The highest BCUT2D eigenvalue weighted by molar-refractivity contribution is 5.92. The zero-order valence-electron chi connectivity index (χ0n) is 11.6. The summed E-state index contributed by atoms with van der Waals surface area (Å²) in [6.45, 7) is 7.15. The number of hydrogen-bond donors (Lipinski definition) is 1. The van der Waals surface area contributed by atoms with Crippen LogP contribution >= 0.6 is 0 Å². The number of carbonyl (C=O) groups is 1. The lowest BCUT2D eigenvalue weighted by Crippen LogP contribution is -2.24. The van der Waals surface area contributed by atoms with Crippen LogP contribution in [0.4, 0.5) is 0 Å². The van der Waals surface area contributed by atoms with E-state index in [2.05, 4.69) is 15.5 Å². The van der Waals surface area contributed by atoms with Crippen molar-refractivity contribution in [2.75, 3.05) is 6.54 Å². The summed E-state index contributed by atoms with van der Waals surface area (Å²) >= 11 is 0. The molecule has 0 spiro atoms. The molecule has 1 amide bonds. The summed E-state index contributed by atoms with van der Waals surface area (Å²) in [6, 6.07) is 3.73. The lowest BCUT2D eigenvalue weighted by molar-refractivity contribution is 0.0947. The monoisotopic (exact) mass is 261 g/mol. The van der Waals surface area contributed by atoms with Crippen molar-refractivity contribution in [3.63, 3.8) is 0 Å². The van der Waals surface area contributed by atoms with Gasteiger partial charge in [0.2, 0.25) is 0 Å². The van der Waals surface area contributed by atoms with E-state index >= 15 is 0 Å². The Bertz CT molecular complexity index is 569. The van der Waals surface area contributed by atoms with Crippen LogP contribution in [-0.2, 0) is 6.67 Å². The van der Waals surface area contributed by atoms with Crippen LogP contribution < -0.4 is 5.32 Å². The summed E-state index contributed by atoms with van der Waals surface area (Å²) in [5.41, 5.74) is 2.49. The number of aryl methyl sites for hydroxylation is 2. The lowest BCUT2D eigenvalue weighted by Gasteiger charge is -2.04. The molecule has 0 aliphatic carbocycles. The number of nitrogens with one attached hydrogen (secondary N) is 1. The average Bonchev–Trinajstić information content (AvgIpc) is 2.94. The van der Waals surface area contributed by atoms with Gasteiger partial charge in [-0.1, -0.05) is 6.92 Å². The maximum absolute atomic E-state index is 11.7. The van der Waals surface area contributed by atoms with Gasteiger partial charge in [-0.15, -0.1) is 0 Å². The van der Waals surface area contributed by atoms with Crippen molar-refractivity contribution in [1.82, 2.24) is 24.9 Å². The summed E-state index contributed by atoms with van der Waals surface area (Å²) < 4.78 is 3.57. The first-order valence-electron chi connectivity index (χ1n) is 6.43. The molecule has 2 aromatic heterocycles. The molecule has 6 nitrogen and oxygen atoms in total. The molecule has 0 aliphatic rings. The standard InChI is InChI=1S/C13H19N5O/c1-4-6-14-13(19)12-5-7-17(16-12)9-18-11(3)8-10(2)15-18/h5,7-8H,4,6,9H2,1-3H3,(H,14,19). The van der Waals surface area contributed by atoms with E-state index in [0.29, 0.717) is 18.9 Å².